The van der Waals surface area contributed by atoms with E-state index in [1.807, 2.05) is 6.07 Å². The van der Waals surface area contributed by atoms with Crippen LogP contribution in [-0.2, 0) is 22.7 Å². The molecule has 32 heavy (non-hydrogen) atoms. The van der Waals surface area contributed by atoms with Crippen molar-refractivity contribution in [1.29, 1.82) is 0 Å². The molecule has 0 fully saturated rings. The predicted octanol–water partition coefficient (Wildman–Crippen LogP) is 3.99. The highest BCUT2D eigenvalue weighted by Gasteiger charge is 2.26. The molecule has 0 aliphatic heterocycles. The van der Waals surface area contributed by atoms with E-state index >= 15 is 0 Å². The monoisotopic (exact) mass is 455 g/mol. The van der Waals surface area contributed by atoms with Crippen molar-refractivity contribution < 1.29 is 18.7 Å². The van der Waals surface area contributed by atoms with Crippen LogP contribution in [0.4, 0.5) is 4.39 Å². The van der Waals surface area contributed by atoms with Gasteiger partial charge in [0.05, 0.1) is 5.02 Å². The molecule has 0 saturated carbocycles. The van der Waals surface area contributed by atoms with Crippen molar-refractivity contribution in [3.05, 3.63) is 95.0 Å². The fourth-order valence-corrected chi connectivity index (χ4v) is 3.18. The van der Waals surface area contributed by atoms with E-state index in [0.29, 0.717) is 16.3 Å². The lowest BCUT2D eigenvalue weighted by Crippen LogP contribution is -2.48. The van der Waals surface area contributed by atoms with Crippen LogP contribution in [0, 0.1) is 5.82 Å². The summed E-state index contributed by atoms with van der Waals surface area (Å²) >= 11 is 6.09. The molecule has 1 unspecified atom stereocenters. The van der Waals surface area contributed by atoms with Gasteiger partial charge in [0.1, 0.15) is 17.6 Å². The van der Waals surface area contributed by atoms with Crippen LogP contribution in [0.25, 0.3) is 0 Å². The van der Waals surface area contributed by atoms with E-state index < -0.39 is 11.9 Å². The number of rotatable bonds is 9. The van der Waals surface area contributed by atoms with Crippen molar-refractivity contribution in [2.45, 2.75) is 26.1 Å². The smallest absolute Gasteiger partial charge is 0.261 e. The highest BCUT2D eigenvalue weighted by Crippen LogP contribution is 2.23. The number of pyridine rings is 1. The maximum absolute atomic E-state index is 13.3. The summed E-state index contributed by atoms with van der Waals surface area (Å²) in [5.41, 5.74) is 1.52. The molecule has 0 bridgehead atoms. The molecule has 6 nitrogen and oxygen atoms in total. The van der Waals surface area contributed by atoms with Crippen LogP contribution in [0.15, 0.2) is 73.1 Å². The molecule has 2 amide bonds. The molecule has 1 aromatic heterocycles. The molecule has 1 N–H and O–H groups in total. The Morgan fingerprint density at radius 2 is 1.84 bits per heavy atom. The largest absolute Gasteiger partial charge is 0.482 e. The van der Waals surface area contributed by atoms with Crippen LogP contribution in [0.2, 0.25) is 5.02 Å². The van der Waals surface area contributed by atoms with Crippen molar-refractivity contribution in [2.24, 2.45) is 0 Å². The fourth-order valence-electron chi connectivity index (χ4n) is 2.99. The molecule has 3 rings (SSSR count). The molecule has 0 radical (unpaired) electrons. The minimum Gasteiger partial charge on any atom is -0.482 e. The molecular formula is C24H23ClFN3O3. The van der Waals surface area contributed by atoms with Gasteiger partial charge in [-0.1, -0.05) is 41.9 Å². The first-order valence-corrected chi connectivity index (χ1v) is 10.4. The van der Waals surface area contributed by atoms with Crippen LogP contribution < -0.4 is 10.1 Å². The standard InChI is InChI=1S/C24H23ClFN3O3/c1-17(24(31)28-14-19-5-4-12-27-13-19)29(15-18-8-10-20(26)11-9-18)23(30)16-32-22-7-3-2-6-21(22)25/h2-13,17H,14-16H2,1H3,(H,28,31). The Balaban J connectivity index is 1.71. The second kappa shape index (κ2) is 11.2. The fraction of sp³-hybridized carbons (Fsp3) is 0.208. The van der Waals surface area contributed by atoms with Gasteiger partial charge in [-0.25, -0.2) is 4.39 Å². The summed E-state index contributed by atoms with van der Waals surface area (Å²) in [7, 11) is 0. The first-order valence-electron chi connectivity index (χ1n) is 10.0. The quantitative estimate of drug-likeness (QED) is 0.529. The zero-order valence-corrected chi connectivity index (χ0v) is 18.3. The van der Waals surface area contributed by atoms with Crippen LogP contribution in [-0.4, -0.2) is 34.3 Å². The van der Waals surface area contributed by atoms with Gasteiger partial charge in [0.15, 0.2) is 6.61 Å². The number of carbonyl (C=O) groups is 2. The van der Waals surface area contributed by atoms with E-state index in [4.69, 9.17) is 16.3 Å². The highest BCUT2D eigenvalue weighted by molar-refractivity contribution is 6.32. The molecule has 0 aliphatic rings. The van der Waals surface area contributed by atoms with Crippen LogP contribution in [0.3, 0.4) is 0 Å². The lowest BCUT2D eigenvalue weighted by Gasteiger charge is -2.28. The van der Waals surface area contributed by atoms with E-state index in [1.165, 1.54) is 17.0 Å². The Hall–Kier alpha value is -3.45. The van der Waals surface area contributed by atoms with Gasteiger partial charge in [0.2, 0.25) is 5.91 Å². The van der Waals surface area contributed by atoms with E-state index in [2.05, 4.69) is 10.3 Å². The zero-order chi connectivity index (χ0) is 22.9. The maximum Gasteiger partial charge on any atom is 0.261 e. The summed E-state index contributed by atoms with van der Waals surface area (Å²) in [6, 6.07) is 15.4. The van der Waals surface area contributed by atoms with Gasteiger partial charge in [-0.05, 0) is 48.4 Å². The van der Waals surface area contributed by atoms with Gasteiger partial charge in [0, 0.05) is 25.5 Å². The molecule has 0 aliphatic carbocycles. The Bertz CT molecular complexity index is 1050. The van der Waals surface area contributed by atoms with Crippen molar-refractivity contribution in [2.75, 3.05) is 6.61 Å². The number of nitrogens with zero attached hydrogens (tertiary/aromatic N) is 2. The van der Waals surface area contributed by atoms with Gasteiger partial charge >= 0.3 is 0 Å². The summed E-state index contributed by atoms with van der Waals surface area (Å²) in [4.78, 5) is 31.2. The topological polar surface area (TPSA) is 71.5 Å². The molecular weight excluding hydrogens is 433 g/mol. The normalized spacial score (nSPS) is 11.5. The summed E-state index contributed by atoms with van der Waals surface area (Å²) in [6.45, 7) is 1.73. The van der Waals surface area contributed by atoms with Crippen LogP contribution in [0.1, 0.15) is 18.1 Å². The zero-order valence-electron chi connectivity index (χ0n) is 17.5. The minimum atomic E-state index is -0.793. The average molecular weight is 456 g/mol. The Labute approximate surface area is 191 Å². The number of amides is 2. The number of halogens is 2. The third-order valence-electron chi connectivity index (χ3n) is 4.81. The number of para-hydroxylation sites is 1. The lowest BCUT2D eigenvalue weighted by molar-refractivity contribution is -0.142. The van der Waals surface area contributed by atoms with Crippen LogP contribution >= 0.6 is 11.6 Å². The highest BCUT2D eigenvalue weighted by atomic mass is 35.5. The summed E-state index contributed by atoms with van der Waals surface area (Å²) < 4.78 is 18.9. The molecule has 1 heterocycles. The molecule has 0 spiro atoms. The van der Waals surface area contributed by atoms with Crippen molar-refractivity contribution in [3.8, 4) is 5.75 Å². The van der Waals surface area contributed by atoms with E-state index in [1.54, 1.807) is 61.8 Å². The van der Waals surface area contributed by atoms with Crippen molar-refractivity contribution >= 4 is 23.4 Å². The van der Waals surface area contributed by atoms with Gasteiger partial charge < -0.3 is 15.0 Å². The molecule has 3 aromatic rings. The second-order valence-corrected chi connectivity index (χ2v) is 7.53. The number of aromatic nitrogens is 1. The summed E-state index contributed by atoms with van der Waals surface area (Å²) in [5.74, 6) is -0.741. The van der Waals surface area contributed by atoms with E-state index in [9.17, 15) is 14.0 Å². The lowest BCUT2D eigenvalue weighted by atomic mass is 10.1. The summed E-state index contributed by atoms with van der Waals surface area (Å²) in [5, 5.41) is 3.20. The predicted molar refractivity (Wildman–Crippen MR) is 119 cm³/mol. The van der Waals surface area contributed by atoms with Gasteiger partial charge in [0.25, 0.3) is 5.91 Å². The molecule has 166 valence electrons. The second-order valence-electron chi connectivity index (χ2n) is 7.12. The SMILES string of the molecule is CC(C(=O)NCc1cccnc1)N(Cc1ccc(F)cc1)C(=O)COc1ccccc1Cl. The maximum atomic E-state index is 13.3. The minimum absolute atomic E-state index is 0.118. The number of hydrogen-bond donors (Lipinski definition) is 1. The molecule has 2 aromatic carbocycles. The van der Waals surface area contributed by atoms with E-state index in [0.717, 1.165) is 5.56 Å². The number of ether oxygens (including phenoxy) is 1. The Morgan fingerprint density at radius 1 is 1.09 bits per heavy atom. The third kappa shape index (κ3) is 6.52. The first kappa shape index (κ1) is 23.2. The Morgan fingerprint density at radius 3 is 2.53 bits per heavy atom. The molecule has 0 saturated heterocycles. The number of nitrogens with one attached hydrogen (secondary N) is 1. The van der Waals surface area contributed by atoms with E-state index in [-0.39, 0.29) is 31.4 Å². The Kier molecular flexibility index (Phi) is 8.16. The number of benzene rings is 2. The van der Waals surface area contributed by atoms with Gasteiger partial charge in [-0.2, -0.15) is 0 Å². The third-order valence-corrected chi connectivity index (χ3v) is 5.12. The number of hydrogen-bond acceptors (Lipinski definition) is 4. The van der Waals surface area contributed by atoms with Gasteiger partial charge in [-0.15, -0.1) is 0 Å². The van der Waals surface area contributed by atoms with Crippen molar-refractivity contribution in [1.82, 2.24) is 15.2 Å². The van der Waals surface area contributed by atoms with Crippen LogP contribution in [0.5, 0.6) is 5.75 Å². The number of carbonyl (C=O) groups excluding carboxylic acids is 2. The molecule has 1 atom stereocenters. The molecule has 8 heteroatoms. The first-order chi connectivity index (χ1) is 15.4. The average Bonchev–Trinajstić information content (AvgIpc) is 2.81. The van der Waals surface area contributed by atoms with Crippen molar-refractivity contribution in [3.63, 3.8) is 0 Å². The summed E-state index contributed by atoms with van der Waals surface area (Å²) in [6.07, 6.45) is 3.31. The van der Waals surface area contributed by atoms with Gasteiger partial charge in [-0.3, -0.25) is 14.6 Å².